The smallest absolute Gasteiger partial charge is 0.271 e. The van der Waals surface area contributed by atoms with E-state index in [1.165, 1.54) is 6.33 Å². The number of aromatic nitrogens is 5. The quantitative estimate of drug-likeness (QED) is 0.722. The molecule has 138 valence electrons. The van der Waals surface area contributed by atoms with Gasteiger partial charge in [-0.05, 0) is 37.3 Å². The van der Waals surface area contributed by atoms with Crippen molar-refractivity contribution >= 4 is 17.5 Å². The summed E-state index contributed by atoms with van der Waals surface area (Å²) in [6.45, 7) is 1.51. The molecule has 2 N–H and O–H groups in total. The molecule has 1 atom stereocenters. The summed E-state index contributed by atoms with van der Waals surface area (Å²) >= 11 is 0. The van der Waals surface area contributed by atoms with Crippen LogP contribution in [0.25, 0.3) is 0 Å². The molecule has 1 aliphatic rings. The average molecular weight is 363 g/mol. The van der Waals surface area contributed by atoms with Gasteiger partial charge in [-0.3, -0.25) is 4.79 Å². The lowest BCUT2D eigenvalue weighted by atomic mass is 9.93. The van der Waals surface area contributed by atoms with Crippen molar-refractivity contribution in [2.75, 3.05) is 18.4 Å². The van der Waals surface area contributed by atoms with Gasteiger partial charge >= 0.3 is 0 Å². The minimum Gasteiger partial charge on any atom is -0.341 e. The first-order valence-corrected chi connectivity index (χ1v) is 9.04. The summed E-state index contributed by atoms with van der Waals surface area (Å²) in [5.74, 6) is 1.86. The van der Waals surface area contributed by atoms with Crippen LogP contribution in [0.2, 0.25) is 0 Å². The maximum atomic E-state index is 12.5. The molecule has 0 spiro atoms. The highest BCUT2D eigenvalue weighted by molar-refractivity contribution is 5.92. The maximum absolute atomic E-state index is 12.5. The van der Waals surface area contributed by atoms with Gasteiger partial charge in [-0.25, -0.2) is 19.9 Å². The highest BCUT2D eigenvalue weighted by Gasteiger charge is 2.25. The first kappa shape index (κ1) is 17.1. The molecule has 0 unspecified atom stereocenters. The minimum absolute atomic E-state index is 0.0115. The molecule has 8 heteroatoms. The molecular formula is C19H21N7O. The van der Waals surface area contributed by atoms with Crippen molar-refractivity contribution in [2.45, 2.75) is 19.3 Å². The fraction of sp³-hybridized carbons (Fsp3) is 0.316. The Hall–Kier alpha value is -3.29. The summed E-state index contributed by atoms with van der Waals surface area (Å²) in [4.78, 5) is 34.2. The Bertz CT molecular complexity index is 882. The lowest BCUT2D eigenvalue weighted by Crippen LogP contribution is -2.40. The Morgan fingerprint density at radius 1 is 1.26 bits per heavy atom. The van der Waals surface area contributed by atoms with Crippen LogP contribution in [0, 0.1) is 5.92 Å². The lowest BCUT2D eigenvalue weighted by molar-refractivity contribution is 0.0667. The molecule has 1 saturated heterocycles. The Kier molecular flexibility index (Phi) is 5.04. The van der Waals surface area contributed by atoms with Crippen LogP contribution in [-0.2, 0) is 6.42 Å². The molecule has 1 aliphatic heterocycles. The second-order valence-corrected chi connectivity index (χ2v) is 6.66. The van der Waals surface area contributed by atoms with Crippen molar-refractivity contribution in [3.05, 3.63) is 60.7 Å². The van der Waals surface area contributed by atoms with Gasteiger partial charge in [-0.2, -0.15) is 0 Å². The van der Waals surface area contributed by atoms with Crippen molar-refractivity contribution < 1.29 is 4.79 Å². The Morgan fingerprint density at radius 2 is 2.22 bits per heavy atom. The number of imidazole rings is 1. The van der Waals surface area contributed by atoms with Crippen LogP contribution < -0.4 is 5.32 Å². The highest BCUT2D eigenvalue weighted by Crippen LogP contribution is 2.22. The van der Waals surface area contributed by atoms with E-state index in [-0.39, 0.29) is 5.91 Å². The van der Waals surface area contributed by atoms with Gasteiger partial charge in [-0.15, -0.1) is 0 Å². The number of likely N-dealkylation sites (tertiary alicyclic amines) is 1. The second kappa shape index (κ2) is 7.94. The number of amides is 1. The summed E-state index contributed by atoms with van der Waals surface area (Å²) in [5, 5.41) is 3.19. The van der Waals surface area contributed by atoms with E-state index in [1.807, 2.05) is 29.2 Å². The van der Waals surface area contributed by atoms with Gasteiger partial charge in [-0.1, -0.05) is 6.07 Å². The molecule has 3 aromatic heterocycles. The largest absolute Gasteiger partial charge is 0.341 e. The van der Waals surface area contributed by atoms with E-state index in [2.05, 4.69) is 30.2 Å². The number of carbonyl (C=O) groups is 1. The van der Waals surface area contributed by atoms with Crippen LogP contribution in [0.3, 0.4) is 0 Å². The van der Waals surface area contributed by atoms with E-state index in [9.17, 15) is 4.79 Å². The first-order chi connectivity index (χ1) is 13.3. The van der Waals surface area contributed by atoms with E-state index in [4.69, 9.17) is 0 Å². The summed E-state index contributed by atoms with van der Waals surface area (Å²) in [6, 6.07) is 7.63. The third-order valence-corrected chi connectivity index (χ3v) is 4.68. The predicted octanol–water partition coefficient (Wildman–Crippen LogP) is 2.43. The zero-order valence-corrected chi connectivity index (χ0v) is 14.9. The number of nitrogens with one attached hydrogen (secondary N) is 2. The molecule has 0 aliphatic carbocycles. The SMILES string of the molecule is O=C(c1cnc[nH]1)N1CCC[C@@H](Cc2cc(Nc3ccccn3)ncn2)C1. The van der Waals surface area contributed by atoms with Gasteiger partial charge in [0.15, 0.2) is 0 Å². The first-order valence-electron chi connectivity index (χ1n) is 9.04. The van der Waals surface area contributed by atoms with E-state index in [0.29, 0.717) is 11.6 Å². The number of H-pyrrole nitrogens is 1. The van der Waals surface area contributed by atoms with Crippen LogP contribution in [0.15, 0.2) is 49.3 Å². The lowest BCUT2D eigenvalue weighted by Gasteiger charge is -2.32. The molecule has 0 saturated carbocycles. The van der Waals surface area contributed by atoms with Gasteiger partial charge in [0.25, 0.3) is 5.91 Å². The number of anilines is 2. The van der Waals surface area contributed by atoms with E-state index in [1.54, 1.807) is 18.7 Å². The number of piperidine rings is 1. The zero-order chi connectivity index (χ0) is 18.5. The third kappa shape index (κ3) is 4.28. The number of carbonyl (C=O) groups excluding carboxylic acids is 1. The van der Waals surface area contributed by atoms with Crippen LogP contribution in [-0.4, -0.2) is 48.8 Å². The Labute approximate surface area is 157 Å². The van der Waals surface area contributed by atoms with E-state index in [0.717, 1.165) is 49.7 Å². The van der Waals surface area contributed by atoms with Crippen LogP contribution in [0.4, 0.5) is 11.6 Å². The maximum Gasteiger partial charge on any atom is 0.271 e. The molecule has 3 aromatic rings. The third-order valence-electron chi connectivity index (χ3n) is 4.68. The van der Waals surface area contributed by atoms with Crippen molar-refractivity contribution in [3.8, 4) is 0 Å². The van der Waals surface area contributed by atoms with Crippen LogP contribution in [0.1, 0.15) is 29.0 Å². The standard InChI is InChI=1S/C19H21N7O/c27-19(16-10-20-12-23-16)26-7-3-4-14(11-26)8-15-9-18(24-13-22-15)25-17-5-1-2-6-21-17/h1-2,5-6,9-10,12-14H,3-4,7-8,11H2,(H,20,23)(H,21,22,24,25)/t14-/m0/s1. The van der Waals surface area contributed by atoms with Gasteiger partial charge in [0, 0.05) is 31.0 Å². The molecular weight excluding hydrogens is 342 g/mol. The van der Waals surface area contributed by atoms with Gasteiger partial charge < -0.3 is 15.2 Å². The summed E-state index contributed by atoms with van der Waals surface area (Å²) < 4.78 is 0. The molecule has 4 rings (SSSR count). The van der Waals surface area contributed by atoms with Crippen LogP contribution >= 0.6 is 0 Å². The number of nitrogens with zero attached hydrogens (tertiary/aromatic N) is 5. The van der Waals surface area contributed by atoms with Crippen LogP contribution in [0.5, 0.6) is 0 Å². The summed E-state index contributed by atoms with van der Waals surface area (Å²) in [7, 11) is 0. The van der Waals surface area contributed by atoms with Gasteiger partial charge in [0.2, 0.25) is 0 Å². The van der Waals surface area contributed by atoms with Gasteiger partial charge in [0.1, 0.15) is 23.7 Å². The molecule has 0 bridgehead atoms. The number of aromatic amines is 1. The monoisotopic (exact) mass is 363 g/mol. The van der Waals surface area contributed by atoms with Gasteiger partial charge in [0.05, 0.1) is 12.5 Å². The molecule has 0 radical (unpaired) electrons. The fourth-order valence-corrected chi connectivity index (χ4v) is 3.40. The molecule has 27 heavy (non-hydrogen) atoms. The fourth-order valence-electron chi connectivity index (χ4n) is 3.40. The number of rotatable bonds is 5. The van der Waals surface area contributed by atoms with Crippen molar-refractivity contribution in [2.24, 2.45) is 5.92 Å². The Balaban J connectivity index is 1.40. The van der Waals surface area contributed by atoms with Crippen molar-refractivity contribution in [1.82, 2.24) is 29.8 Å². The Morgan fingerprint density at radius 3 is 3.04 bits per heavy atom. The zero-order valence-electron chi connectivity index (χ0n) is 14.9. The minimum atomic E-state index is 0.0115. The molecule has 1 amide bonds. The number of hydrogen-bond donors (Lipinski definition) is 2. The highest BCUT2D eigenvalue weighted by atomic mass is 16.2. The van der Waals surface area contributed by atoms with Crippen molar-refractivity contribution in [3.63, 3.8) is 0 Å². The normalized spacial score (nSPS) is 16.9. The molecule has 8 nitrogen and oxygen atoms in total. The number of pyridine rings is 1. The second-order valence-electron chi connectivity index (χ2n) is 6.66. The topological polar surface area (TPSA) is 99.7 Å². The summed E-state index contributed by atoms with van der Waals surface area (Å²) in [6.07, 6.45) is 9.30. The molecule has 0 aromatic carbocycles. The van der Waals surface area contributed by atoms with Crippen molar-refractivity contribution in [1.29, 1.82) is 0 Å². The molecule has 4 heterocycles. The summed E-state index contributed by atoms with van der Waals surface area (Å²) in [5.41, 5.74) is 1.50. The predicted molar refractivity (Wildman–Crippen MR) is 100 cm³/mol. The number of hydrogen-bond acceptors (Lipinski definition) is 6. The van der Waals surface area contributed by atoms with E-state index < -0.39 is 0 Å². The van der Waals surface area contributed by atoms with E-state index >= 15 is 0 Å². The average Bonchev–Trinajstić information content (AvgIpc) is 3.23. The molecule has 1 fully saturated rings.